The van der Waals surface area contributed by atoms with Crippen molar-refractivity contribution in [3.8, 4) is 0 Å². The van der Waals surface area contributed by atoms with E-state index < -0.39 is 0 Å². The third-order valence-corrected chi connectivity index (χ3v) is 3.47. The molecular formula is C19H28O. The lowest BCUT2D eigenvalue weighted by Gasteiger charge is -2.23. The lowest BCUT2D eigenvalue weighted by molar-refractivity contribution is 0.123. The van der Waals surface area contributed by atoms with Crippen molar-refractivity contribution in [2.24, 2.45) is 5.41 Å². The van der Waals surface area contributed by atoms with Crippen molar-refractivity contribution in [3.63, 3.8) is 0 Å². The summed E-state index contributed by atoms with van der Waals surface area (Å²) in [6.45, 7) is 8.25. The largest absolute Gasteiger partial charge is 0.377 e. The fourth-order valence-electron chi connectivity index (χ4n) is 2.01. The second kappa shape index (κ2) is 9.55. The number of ether oxygens (including phenoxy) is 1. The van der Waals surface area contributed by atoms with E-state index in [0.717, 1.165) is 19.4 Å². The van der Waals surface area contributed by atoms with Crippen LogP contribution in [0.4, 0.5) is 0 Å². The van der Waals surface area contributed by atoms with E-state index in [1.54, 1.807) is 0 Å². The Balaban J connectivity index is 2.13. The Hall–Kier alpha value is -1.34. The molecule has 0 aliphatic rings. The van der Waals surface area contributed by atoms with Crippen LogP contribution in [0, 0.1) is 5.41 Å². The van der Waals surface area contributed by atoms with Gasteiger partial charge in [0.15, 0.2) is 0 Å². The van der Waals surface area contributed by atoms with Crippen molar-refractivity contribution in [1.29, 1.82) is 0 Å². The molecule has 1 heteroatoms. The van der Waals surface area contributed by atoms with E-state index in [9.17, 15) is 0 Å². The molecule has 0 fully saturated rings. The minimum Gasteiger partial charge on any atom is -0.377 e. The minimum atomic E-state index is 0.364. The van der Waals surface area contributed by atoms with Crippen molar-refractivity contribution in [2.45, 2.75) is 40.0 Å². The molecule has 0 aromatic heterocycles. The van der Waals surface area contributed by atoms with Gasteiger partial charge in [0, 0.05) is 6.61 Å². The van der Waals surface area contributed by atoms with Gasteiger partial charge in [-0.1, -0.05) is 68.5 Å². The summed E-state index contributed by atoms with van der Waals surface area (Å²) in [5.41, 5.74) is 1.59. The van der Waals surface area contributed by atoms with Gasteiger partial charge >= 0.3 is 0 Å². The van der Waals surface area contributed by atoms with Gasteiger partial charge in [-0.15, -0.1) is 0 Å². The summed E-state index contributed by atoms with van der Waals surface area (Å²) in [6.07, 6.45) is 12.1. The highest BCUT2D eigenvalue weighted by atomic mass is 16.5. The summed E-state index contributed by atoms with van der Waals surface area (Å²) in [5, 5.41) is 0. The average Bonchev–Trinajstić information content (AvgIpc) is 2.44. The summed E-state index contributed by atoms with van der Waals surface area (Å²) in [5.74, 6) is 0. The molecular weight excluding hydrogens is 244 g/mol. The van der Waals surface area contributed by atoms with E-state index in [2.05, 4.69) is 57.2 Å². The van der Waals surface area contributed by atoms with Crippen LogP contribution in [-0.2, 0) is 4.74 Å². The summed E-state index contributed by atoms with van der Waals surface area (Å²) in [4.78, 5) is 0. The van der Waals surface area contributed by atoms with Crippen LogP contribution in [0.25, 0.3) is 6.08 Å². The van der Waals surface area contributed by atoms with E-state index in [-0.39, 0.29) is 0 Å². The zero-order valence-electron chi connectivity index (χ0n) is 13.1. The lowest BCUT2D eigenvalue weighted by Crippen LogP contribution is -2.14. The molecule has 20 heavy (non-hydrogen) atoms. The monoisotopic (exact) mass is 272 g/mol. The van der Waals surface area contributed by atoms with Gasteiger partial charge in [-0.3, -0.25) is 0 Å². The molecule has 0 heterocycles. The summed E-state index contributed by atoms with van der Waals surface area (Å²) in [7, 11) is 0. The zero-order valence-corrected chi connectivity index (χ0v) is 13.1. The molecule has 0 unspecified atom stereocenters. The van der Waals surface area contributed by atoms with E-state index >= 15 is 0 Å². The number of allylic oxidation sites excluding steroid dienone is 2. The number of hydrogen-bond donors (Lipinski definition) is 0. The third kappa shape index (κ3) is 7.96. The van der Waals surface area contributed by atoms with Gasteiger partial charge in [0.2, 0.25) is 0 Å². The normalized spacial score (nSPS) is 12.6. The zero-order chi connectivity index (χ0) is 14.7. The second-order valence-corrected chi connectivity index (χ2v) is 5.91. The highest BCUT2D eigenvalue weighted by molar-refractivity contribution is 5.48. The molecule has 0 aliphatic heterocycles. The first-order valence-corrected chi connectivity index (χ1v) is 7.54. The van der Waals surface area contributed by atoms with E-state index in [1.807, 2.05) is 18.2 Å². The van der Waals surface area contributed by atoms with Gasteiger partial charge in [0.25, 0.3) is 0 Å². The Kier molecular flexibility index (Phi) is 7.98. The van der Waals surface area contributed by atoms with Crippen LogP contribution >= 0.6 is 0 Å². The molecule has 0 bridgehead atoms. The summed E-state index contributed by atoms with van der Waals surface area (Å²) >= 11 is 0. The first-order valence-electron chi connectivity index (χ1n) is 7.54. The van der Waals surface area contributed by atoms with Crippen LogP contribution in [0.3, 0.4) is 0 Å². The van der Waals surface area contributed by atoms with Crippen molar-refractivity contribution in [2.75, 3.05) is 13.2 Å². The molecule has 0 aliphatic carbocycles. The first-order chi connectivity index (χ1) is 9.64. The maximum atomic E-state index is 5.69. The number of benzene rings is 1. The van der Waals surface area contributed by atoms with Crippen LogP contribution in [-0.4, -0.2) is 13.2 Å². The van der Waals surface area contributed by atoms with Crippen molar-refractivity contribution >= 4 is 6.08 Å². The average molecular weight is 272 g/mol. The Morgan fingerprint density at radius 1 is 1.05 bits per heavy atom. The van der Waals surface area contributed by atoms with Gasteiger partial charge in [-0.25, -0.2) is 0 Å². The fraction of sp³-hybridized carbons (Fsp3) is 0.474. The van der Waals surface area contributed by atoms with Crippen LogP contribution in [0.2, 0.25) is 0 Å². The van der Waals surface area contributed by atoms with Crippen LogP contribution in [0.1, 0.15) is 45.6 Å². The predicted molar refractivity (Wildman–Crippen MR) is 88.7 cm³/mol. The molecule has 0 radical (unpaired) electrons. The quantitative estimate of drug-likeness (QED) is 0.426. The van der Waals surface area contributed by atoms with Gasteiger partial charge < -0.3 is 4.74 Å². The molecule has 1 aromatic rings. The molecule has 0 amide bonds. The van der Waals surface area contributed by atoms with Gasteiger partial charge in [-0.05, 0) is 37.2 Å². The number of rotatable bonds is 9. The molecule has 0 spiro atoms. The third-order valence-electron chi connectivity index (χ3n) is 3.47. The maximum Gasteiger partial charge on any atom is 0.0650 e. The molecule has 1 nitrogen and oxygen atoms in total. The summed E-state index contributed by atoms with van der Waals surface area (Å²) < 4.78 is 5.69. The highest BCUT2D eigenvalue weighted by Gasteiger charge is 2.16. The van der Waals surface area contributed by atoms with Crippen molar-refractivity contribution in [3.05, 3.63) is 54.1 Å². The Labute approximate surface area is 124 Å². The SMILES string of the molecule is C/C=C/CCC(C)(C)CCOC/C=C/c1ccccc1. The Morgan fingerprint density at radius 2 is 1.80 bits per heavy atom. The summed E-state index contributed by atoms with van der Waals surface area (Å²) in [6, 6.07) is 10.3. The van der Waals surface area contributed by atoms with Crippen LogP contribution in [0.15, 0.2) is 48.6 Å². The molecule has 0 saturated carbocycles. The smallest absolute Gasteiger partial charge is 0.0650 e. The molecule has 0 saturated heterocycles. The van der Waals surface area contributed by atoms with Gasteiger partial charge in [0.1, 0.15) is 0 Å². The molecule has 0 N–H and O–H groups in total. The topological polar surface area (TPSA) is 9.23 Å². The van der Waals surface area contributed by atoms with E-state index in [0.29, 0.717) is 12.0 Å². The van der Waals surface area contributed by atoms with Crippen molar-refractivity contribution < 1.29 is 4.74 Å². The van der Waals surface area contributed by atoms with Crippen LogP contribution in [0.5, 0.6) is 0 Å². The van der Waals surface area contributed by atoms with Gasteiger partial charge in [0.05, 0.1) is 6.61 Å². The molecule has 1 aromatic carbocycles. The molecule has 0 atom stereocenters. The fourth-order valence-corrected chi connectivity index (χ4v) is 2.01. The van der Waals surface area contributed by atoms with Crippen molar-refractivity contribution in [1.82, 2.24) is 0 Å². The van der Waals surface area contributed by atoms with Gasteiger partial charge in [-0.2, -0.15) is 0 Å². The highest BCUT2D eigenvalue weighted by Crippen LogP contribution is 2.26. The molecule has 1 rings (SSSR count). The first kappa shape index (κ1) is 16.7. The predicted octanol–water partition coefficient (Wildman–Crippen LogP) is 5.49. The van der Waals surface area contributed by atoms with E-state index in [1.165, 1.54) is 12.0 Å². The second-order valence-electron chi connectivity index (χ2n) is 5.91. The minimum absolute atomic E-state index is 0.364. The lowest BCUT2D eigenvalue weighted by atomic mass is 9.85. The maximum absolute atomic E-state index is 5.69. The molecule has 110 valence electrons. The number of hydrogen-bond acceptors (Lipinski definition) is 1. The van der Waals surface area contributed by atoms with Crippen LogP contribution < -0.4 is 0 Å². The standard InChI is InChI=1S/C19H28O/c1-4-5-9-14-19(2,3)15-17-20-16-10-13-18-11-7-6-8-12-18/h4-8,10-13H,9,14-17H2,1-3H3/b5-4+,13-10+. The van der Waals surface area contributed by atoms with E-state index in [4.69, 9.17) is 4.74 Å². The Morgan fingerprint density at radius 3 is 2.50 bits per heavy atom. The Bertz CT molecular complexity index is 401.